The Morgan fingerprint density at radius 1 is 0.562 bits per heavy atom. The molecule has 0 heterocycles. The van der Waals surface area contributed by atoms with E-state index in [0.717, 1.165) is 70.6 Å². The summed E-state index contributed by atoms with van der Waals surface area (Å²) >= 11 is 0. The van der Waals surface area contributed by atoms with Crippen LogP contribution < -0.4 is 0 Å². The molecular formula is C45H78O17P2. The van der Waals surface area contributed by atoms with Gasteiger partial charge in [0.05, 0.1) is 12.7 Å². The van der Waals surface area contributed by atoms with E-state index in [-0.39, 0.29) is 18.9 Å². The molecule has 0 aromatic carbocycles. The van der Waals surface area contributed by atoms with Gasteiger partial charge in [-0.3, -0.25) is 23.2 Å². The quantitative estimate of drug-likeness (QED) is 0.0132. The molecule has 19 heteroatoms. The van der Waals surface area contributed by atoms with E-state index in [4.69, 9.17) is 28.3 Å². The maximum atomic E-state index is 13.0. The third-order valence-corrected chi connectivity index (χ3v) is 11.6. The molecule has 0 aromatic heterocycles. The van der Waals surface area contributed by atoms with Gasteiger partial charge in [-0.1, -0.05) is 120 Å². The smallest absolute Gasteiger partial charge is 0.462 e. The SMILES string of the molecule is CCCCCC/C=C\CCCCCCCC(=O)O[C@H](COC(=O)CCC/C=C\C/C=C\C/C=C\C/C=C\CC(O)CCC)COP(=O)(O)O[C@H]1C(O)C(O)C(O)[C@@H](OP(=O)(O)O)C1O. The highest BCUT2D eigenvalue weighted by Gasteiger charge is 2.54. The number of unbranched alkanes of at least 4 members (excludes halogenated alkanes) is 10. The molecule has 64 heavy (non-hydrogen) atoms. The topological polar surface area (TPSA) is 276 Å². The van der Waals surface area contributed by atoms with Gasteiger partial charge in [-0.25, -0.2) is 9.13 Å². The Bertz CT molecular complexity index is 1490. The van der Waals surface area contributed by atoms with E-state index in [1.807, 2.05) is 37.3 Å². The van der Waals surface area contributed by atoms with Crippen molar-refractivity contribution in [1.82, 2.24) is 0 Å². The minimum Gasteiger partial charge on any atom is -0.462 e. The first-order chi connectivity index (χ1) is 30.5. The number of rotatable bonds is 37. The average Bonchev–Trinajstić information content (AvgIpc) is 3.24. The van der Waals surface area contributed by atoms with Crippen LogP contribution in [0.2, 0.25) is 0 Å². The maximum Gasteiger partial charge on any atom is 0.472 e. The fourth-order valence-corrected chi connectivity index (χ4v) is 8.10. The molecule has 1 fully saturated rings. The van der Waals surface area contributed by atoms with Crippen molar-refractivity contribution in [2.75, 3.05) is 13.2 Å². The van der Waals surface area contributed by atoms with Gasteiger partial charge in [0.2, 0.25) is 0 Å². The number of phosphoric ester groups is 2. The predicted octanol–water partition coefficient (Wildman–Crippen LogP) is 7.25. The molecule has 0 amide bonds. The lowest BCUT2D eigenvalue weighted by atomic mass is 9.85. The van der Waals surface area contributed by atoms with Crippen molar-refractivity contribution in [1.29, 1.82) is 0 Å². The highest BCUT2D eigenvalue weighted by atomic mass is 31.2. The van der Waals surface area contributed by atoms with Crippen LogP contribution in [0.5, 0.6) is 0 Å². The van der Waals surface area contributed by atoms with Gasteiger partial charge in [0, 0.05) is 12.8 Å². The first kappa shape index (κ1) is 59.7. The summed E-state index contributed by atoms with van der Waals surface area (Å²) in [7, 11) is -10.7. The number of ether oxygens (including phenoxy) is 2. The van der Waals surface area contributed by atoms with Crippen LogP contribution >= 0.6 is 15.6 Å². The Balaban J connectivity index is 2.66. The molecule has 6 unspecified atom stereocenters. The van der Waals surface area contributed by atoms with Gasteiger partial charge in [-0.05, 0) is 77.0 Å². The summed E-state index contributed by atoms with van der Waals surface area (Å²) in [6.07, 6.45) is 22.5. The van der Waals surface area contributed by atoms with Gasteiger partial charge >= 0.3 is 27.6 Å². The number of phosphoric acid groups is 2. The molecular weight excluding hydrogens is 874 g/mol. The van der Waals surface area contributed by atoms with Gasteiger partial charge in [0.1, 0.15) is 43.2 Å². The molecule has 0 radical (unpaired) electrons. The molecule has 17 nitrogen and oxygen atoms in total. The number of hydrogen-bond donors (Lipinski definition) is 8. The van der Waals surface area contributed by atoms with E-state index in [1.54, 1.807) is 0 Å². The van der Waals surface area contributed by atoms with Crippen molar-refractivity contribution < 1.29 is 82.0 Å². The lowest BCUT2D eigenvalue weighted by Gasteiger charge is -2.43. The summed E-state index contributed by atoms with van der Waals surface area (Å²) in [5.41, 5.74) is 0. The number of aliphatic hydroxyl groups excluding tert-OH is 5. The second kappa shape index (κ2) is 35.8. The van der Waals surface area contributed by atoms with Crippen LogP contribution in [0.25, 0.3) is 0 Å². The lowest BCUT2D eigenvalue weighted by molar-refractivity contribution is -0.216. The normalized spacial score (nSPS) is 22.8. The van der Waals surface area contributed by atoms with Crippen LogP contribution in [-0.2, 0) is 41.8 Å². The summed E-state index contributed by atoms with van der Waals surface area (Å²) in [4.78, 5) is 54.2. The molecule has 0 spiro atoms. The Labute approximate surface area is 380 Å². The van der Waals surface area contributed by atoms with Crippen molar-refractivity contribution in [2.45, 2.75) is 198 Å². The van der Waals surface area contributed by atoms with E-state index in [2.05, 4.69) is 41.8 Å². The van der Waals surface area contributed by atoms with E-state index in [1.165, 1.54) is 25.7 Å². The molecule has 1 saturated carbocycles. The van der Waals surface area contributed by atoms with Crippen molar-refractivity contribution in [2.24, 2.45) is 0 Å². The number of carbonyl (C=O) groups excluding carboxylic acids is 2. The Hall–Kier alpha value is -2.34. The van der Waals surface area contributed by atoms with Gasteiger partial charge in [-0.15, -0.1) is 0 Å². The largest absolute Gasteiger partial charge is 0.472 e. The van der Waals surface area contributed by atoms with Crippen molar-refractivity contribution in [3.05, 3.63) is 60.8 Å². The fraction of sp³-hybridized carbons (Fsp3) is 0.733. The molecule has 0 bridgehead atoms. The first-order valence-electron chi connectivity index (χ1n) is 22.9. The van der Waals surface area contributed by atoms with Crippen LogP contribution in [0.1, 0.15) is 149 Å². The number of allylic oxidation sites excluding steroid dienone is 9. The standard InChI is InChI=1S/C45H78O17P2/c1-3-5-6-7-8-9-10-12-17-20-23-26-29-33-39(48)60-37(35-59-64(56,57)62-45-42(51)40(49)41(50)44(43(45)52)61-63(53,54)55)34-58-38(47)32-28-25-22-19-16-14-11-13-15-18-21-24-27-31-36(46)30-4-2/h9-11,14-15,18-19,22,24,27,36-37,40-46,49-52H,3-8,12-13,16-17,20-21,23,25-26,28-35H2,1-2H3,(H,56,57)(H2,53,54,55)/b10-9-,14-11-,18-15-,22-19-,27-24-/t36?,37-,40?,41?,42?,43?,44-,45+/m1/s1. The Morgan fingerprint density at radius 2 is 1.06 bits per heavy atom. The number of aliphatic hydroxyl groups is 5. The van der Waals surface area contributed by atoms with Crippen molar-refractivity contribution in [3.63, 3.8) is 0 Å². The zero-order valence-corrected chi connectivity index (χ0v) is 39.6. The van der Waals surface area contributed by atoms with Crippen LogP contribution in [0.4, 0.5) is 0 Å². The van der Waals surface area contributed by atoms with Gasteiger partial charge in [0.15, 0.2) is 6.10 Å². The highest BCUT2D eigenvalue weighted by molar-refractivity contribution is 7.47. The predicted molar refractivity (Wildman–Crippen MR) is 242 cm³/mol. The van der Waals surface area contributed by atoms with Crippen LogP contribution in [0.15, 0.2) is 60.8 Å². The summed E-state index contributed by atoms with van der Waals surface area (Å²) < 4.78 is 49.2. The second-order valence-corrected chi connectivity index (χ2v) is 18.5. The van der Waals surface area contributed by atoms with Gasteiger partial charge < -0.3 is 49.7 Å². The minimum atomic E-state index is -5.37. The number of hydrogen-bond acceptors (Lipinski definition) is 14. The number of carbonyl (C=O) groups is 2. The molecule has 1 aliphatic rings. The Morgan fingerprint density at radius 3 is 1.66 bits per heavy atom. The molecule has 0 aromatic rings. The Kier molecular flexibility index (Phi) is 33.4. The molecule has 370 valence electrons. The van der Waals surface area contributed by atoms with Crippen molar-refractivity contribution >= 4 is 27.6 Å². The maximum absolute atomic E-state index is 13.0. The van der Waals surface area contributed by atoms with E-state index in [9.17, 15) is 49.1 Å². The van der Waals surface area contributed by atoms with E-state index in [0.29, 0.717) is 25.7 Å². The van der Waals surface area contributed by atoms with E-state index < -0.39 is 83.5 Å². The summed E-state index contributed by atoms with van der Waals surface area (Å²) in [6, 6.07) is 0. The van der Waals surface area contributed by atoms with E-state index >= 15 is 0 Å². The monoisotopic (exact) mass is 952 g/mol. The zero-order chi connectivity index (χ0) is 47.6. The highest BCUT2D eigenvalue weighted by Crippen LogP contribution is 2.49. The van der Waals surface area contributed by atoms with Gasteiger partial charge in [-0.2, -0.15) is 0 Å². The molecule has 0 aliphatic heterocycles. The van der Waals surface area contributed by atoms with Crippen LogP contribution in [0, 0.1) is 0 Å². The van der Waals surface area contributed by atoms with Crippen LogP contribution in [0.3, 0.4) is 0 Å². The third kappa shape index (κ3) is 30.0. The fourth-order valence-electron chi connectivity index (χ4n) is 6.56. The lowest BCUT2D eigenvalue weighted by Crippen LogP contribution is -2.64. The summed E-state index contributed by atoms with van der Waals surface area (Å²) in [5.74, 6) is -1.31. The third-order valence-electron chi connectivity index (χ3n) is 10.1. The molecule has 1 aliphatic carbocycles. The van der Waals surface area contributed by atoms with Crippen LogP contribution in [-0.4, -0.2) is 114 Å². The molecule has 8 N–H and O–H groups in total. The molecule has 9 atom stereocenters. The minimum absolute atomic E-state index is 0.0124. The second-order valence-electron chi connectivity index (χ2n) is 15.9. The zero-order valence-electron chi connectivity index (χ0n) is 37.8. The summed E-state index contributed by atoms with van der Waals surface area (Å²) in [5, 5.41) is 50.9. The average molecular weight is 953 g/mol. The number of esters is 2. The van der Waals surface area contributed by atoms with Crippen molar-refractivity contribution in [3.8, 4) is 0 Å². The molecule has 0 saturated heterocycles. The molecule has 1 rings (SSSR count). The first-order valence-corrected chi connectivity index (χ1v) is 25.9. The van der Waals surface area contributed by atoms with Gasteiger partial charge in [0.25, 0.3) is 0 Å². The summed E-state index contributed by atoms with van der Waals surface area (Å²) in [6.45, 7) is 2.82.